The zero-order chi connectivity index (χ0) is 18.0. The maximum Gasteiger partial charge on any atom is 0.332 e. The third-order valence-electron chi connectivity index (χ3n) is 5.24. The molecule has 132 valence electrons. The molecule has 2 fully saturated rings. The Morgan fingerprint density at radius 1 is 1.16 bits per heavy atom. The van der Waals surface area contributed by atoms with Crippen LogP contribution in [0.3, 0.4) is 0 Å². The van der Waals surface area contributed by atoms with Crippen molar-refractivity contribution in [3.8, 4) is 0 Å². The van der Waals surface area contributed by atoms with E-state index in [1.165, 1.54) is 20.3 Å². The second kappa shape index (κ2) is 6.70. The molecule has 2 aliphatic rings. The molecule has 1 aromatic carbocycles. The highest BCUT2D eigenvalue weighted by molar-refractivity contribution is 5.99. The van der Waals surface area contributed by atoms with Crippen molar-refractivity contribution >= 4 is 17.8 Å². The van der Waals surface area contributed by atoms with E-state index in [0.29, 0.717) is 18.4 Å². The minimum absolute atomic E-state index is 0.0425. The molecule has 0 unspecified atom stereocenters. The Morgan fingerprint density at radius 2 is 1.88 bits per heavy atom. The van der Waals surface area contributed by atoms with Crippen molar-refractivity contribution in [1.29, 1.82) is 0 Å². The van der Waals surface area contributed by atoms with Gasteiger partial charge in [0, 0.05) is 23.6 Å². The number of fused-ring (bicyclic) bond motifs is 2. The molecule has 2 heterocycles. The van der Waals surface area contributed by atoms with Crippen LogP contribution in [-0.4, -0.2) is 48.5 Å². The molecular formula is C19H21NO5. The van der Waals surface area contributed by atoms with Gasteiger partial charge in [0.25, 0.3) is 5.91 Å². The first-order valence-electron chi connectivity index (χ1n) is 8.28. The molecule has 2 saturated heterocycles. The van der Waals surface area contributed by atoms with Crippen LogP contribution in [0.5, 0.6) is 0 Å². The number of esters is 2. The van der Waals surface area contributed by atoms with E-state index in [-0.39, 0.29) is 17.9 Å². The second-order valence-corrected chi connectivity index (χ2v) is 6.37. The average Bonchev–Trinajstić information content (AvgIpc) is 3.19. The lowest BCUT2D eigenvalue weighted by Gasteiger charge is -2.35. The molecule has 3 atom stereocenters. The number of rotatable bonds is 4. The van der Waals surface area contributed by atoms with Crippen molar-refractivity contribution in [2.45, 2.75) is 30.8 Å². The first-order valence-corrected chi connectivity index (χ1v) is 8.28. The van der Waals surface area contributed by atoms with Gasteiger partial charge in [-0.15, -0.1) is 0 Å². The van der Waals surface area contributed by atoms with Gasteiger partial charge in [-0.05, 0) is 31.4 Å². The highest BCUT2D eigenvalue weighted by Crippen LogP contribution is 2.52. The van der Waals surface area contributed by atoms with Crippen LogP contribution in [0.4, 0.5) is 0 Å². The summed E-state index contributed by atoms with van der Waals surface area (Å²) in [5.74, 6) is -1.37. The number of ether oxygens (including phenoxy) is 2. The number of amides is 1. The largest absolute Gasteiger partial charge is 0.467 e. The van der Waals surface area contributed by atoms with Crippen molar-refractivity contribution in [2.24, 2.45) is 5.92 Å². The molecule has 1 aromatic rings. The highest BCUT2D eigenvalue weighted by Gasteiger charge is 2.64. The lowest BCUT2D eigenvalue weighted by Crippen LogP contribution is -2.54. The molecule has 0 radical (unpaired) electrons. The number of hydrogen-bond donors (Lipinski definition) is 0. The van der Waals surface area contributed by atoms with Crippen LogP contribution in [0.15, 0.2) is 42.5 Å². The van der Waals surface area contributed by atoms with Gasteiger partial charge in [0.2, 0.25) is 0 Å². The van der Waals surface area contributed by atoms with Crippen molar-refractivity contribution in [2.75, 3.05) is 14.2 Å². The smallest absolute Gasteiger partial charge is 0.332 e. The molecule has 6 nitrogen and oxygen atoms in total. The standard InChI is InChI=1S/C19H21NO5/c1-24-16(21)9-8-14-12-15-10-11-19(14,18(23)25-2)20(15)17(22)13-6-4-3-5-7-13/h3-9,14-15H,10-12H2,1-2H3/b9-8+/t14-,15-,19+/m1/s1. The Kier molecular flexibility index (Phi) is 4.61. The van der Waals surface area contributed by atoms with E-state index < -0.39 is 17.5 Å². The molecule has 0 saturated carbocycles. The van der Waals surface area contributed by atoms with Gasteiger partial charge in [0.15, 0.2) is 0 Å². The molecule has 0 spiro atoms. The van der Waals surface area contributed by atoms with Crippen LogP contribution in [0.2, 0.25) is 0 Å². The van der Waals surface area contributed by atoms with Crippen LogP contribution in [0.25, 0.3) is 0 Å². The fourth-order valence-electron chi connectivity index (χ4n) is 4.13. The SMILES string of the molecule is COC(=O)/C=C/[C@@H]1C[C@H]2CC[C@]1(C(=O)OC)N2C(=O)c1ccccc1. The van der Waals surface area contributed by atoms with Gasteiger partial charge in [0.05, 0.1) is 14.2 Å². The fraction of sp³-hybridized carbons (Fsp3) is 0.421. The zero-order valence-corrected chi connectivity index (χ0v) is 14.3. The first-order chi connectivity index (χ1) is 12.0. The van der Waals surface area contributed by atoms with E-state index in [1.54, 1.807) is 35.2 Å². The van der Waals surface area contributed by atoms with Gasteiger partial charge in [-0.3, -0.25) is 4.79 Å². The Balaban J connectivity index is 1.98. The monoisotopic (exact) mass is 343 g/mol. The van der Waals surface area contributed by atoms with Crippen LogP contribution in [0.1, 0.15) is 29.6 Å². The van der Waals surface area contributed by atoms with E-state index >= 15 is 0 Å². The summed E-state index contributed by atoms with van der Waals surface area (Å²) in [6.07, 6.45) is 4.89. The topological polar surface area (TPSA) is 72.9 Å². The van der Waals surface area contributed by atoms with Gasteiger partial charge in [-0.1, -0.05) is 24.3 Å². The van der Waals surface area contributed by atoms with Gasteiger partial charge in [-0.25, -0.2) is 9.59 Å². The summed E-state index contributed by atoms with van der Waals surface area (Å²) >= 11 is 0. The maximum absolute atomic E-state index is 13.1. The van der Waals surface area contributed by atoms with E-state index in [9.17, 15) is 14.4 Å². The molecule has 6 heteroatoms. The summed E-state index contributed by atoms with van der Waals surface area (Å²) in [5.41, 5.74) is -0.517. The molecule has 3 rings (SSSR count). The number of carbonyl (C=O) groups excluding carboxylic acids is 3. The Hall–Kier alpha value is -2.63. The van der Waals surface area contributed by atoms with Crippen molar-refractivity contribution in [1.82, 2.24) is 4.90 Å². The molecule has 2 aliphatic heterocycles. The van der Waals surface area contributed by atoms with Crippen molar-refractivity contribution < 1.29 is 23.9 Å². The van der Waals surface area contributed by atoms with E-state index in [1.807, 2.05) is 6.07 Å². The molecule has 2 bridgehead atoms. The molecule has 0 N–H and O–H groups in total. The van der Waals surface area contributed by atoms with E-state index in [4.69, 9.17) is 4.74 Å². The maximum atomic E-state index is 13.1. The molecule has 1 amide bonds. The Morgan fingerprint density at radius 3 is 2.52 bits per heavy atom. The second-order valence-electron chi connectivity index (χ2n) is 6.37. The molecule has 0 aliphatic carbocycles. The van der Waals surface area contributed by atoms with Crippen LogP contribution >= 0.6 is 0 Å². The predicted octanol–water partition coefficient (Wildman–Crippen LogP) is 1.95. The summed E-state index contributed by atoms with van der Waals surface area (Å²) in [4.78, 5) is 38.9. The van der Waals surface area contributed by atoms with Gasteiger partial charge < -0.3 is 14.4 Å². The summed E-state index contributed by atoms with van der Waals surface area (Å²) in [6.45, 7) is 0. The van der Waals surface area contributed by atoms with Gasteiger partial charge in [0.1, 0.15) is 5.54 Å². The fourth-order valence-corrected chi connectivity index (χ4v) is 4.13. The summed E-state index contributed by atoms with van der Waals surface area (Å²) in [7, 11) is 2.63. The lowest BCUT2D eigenvalue weighted by atomic mass is 9.77. The summed E-state index contributed by atoms with van der Waals surface area (Å²) in [6, 6.07) is 8.87. The van der Waals surface area contributed by atoms with Crippen LogP contribution in [0, 0.1) is 5.92 Å². The quantitative estimate of drug-likeness (QED) is 0.617. The van der Waals surface area contributed by atoms with Gasteiger partial charge >= 0.3 is 11.9 Å². The minimum atomic E-state index is -1.06. The normalized spacial score (nSPS) is 27.5. The molecule has 0 aromatic heterocycles. The zero-order valence-electron chi connectivity index (χ0n) is 14.3. The third kappa shape index (κ3) is 2.71. The number of benzene rings is 1. The number of nitrogens with zero attached hydrogens (tertiary/aromatic N) is 1. The van der Waals surface area contributed by atoms with E-state index in [0.717, 1.165) is 6.42 Å². The lowest BCUT2D eigenvalue weighted by molar-refractivity contribution is -0.153. The van der Waals surface area contributed by atoms with Crippen LogP contribution in [-0.2, 0) is 19.1 Å². The minimum Gasteiger partial charge on any atom is -0.467 e. The summed E-state index contributed by atoms with van der Waals surface area (Å²) in [5, 5.41) is 0. The molecular weight excluding hydrogens is 322 g/mol. The first kappa shape index (κ1) is 17.2. The van der Waals surface area contributed by atoms with E-state index in [2.05, 4.69) is 4.74 Å². The third-order valence-corrected chi connectivity index (χ3v) is 5.24. The predicted molar refractivity (Wildman–Crippen MR) is 89.6 cm³/mol. The Labute approximate surface area is 146 Å². The number of hydrogen-bond acceptors (Lipinski definition) is 5. The summed E-state index contributed by atoms with van der Waals surface area (Å²) < 4.78 is 9.68. The average molecular weight is 343 g/mol. The number of carbonyl (C=O) groups is 3. The van der Waals surface area contributed by atoms with Crippen molar-refractivity contribution in [3.63, 3.8) is 0 Å². The number of methoxy groups -OCH3 is 2. The van der Waals surface area contributed by atoms with Crippen molar-refractivity contribution in [3.05, 3.63) is 48.0 Å². The Bertz CT molecular complexity index is 714. The van der Waals surface area contributed by atoms with Crippen LogP contribution < -0.4 is 0 Å². The molecule has 25 heavy (non-hydrogen) atoms. The highest BCUT2D eigenvalue weighted by atomic mass is 16.5. The van der Waals surface area contributed by atoms with Gasteiger partial charge in [-0.2, -0.15) is 0 Å².